The van der Waals surface area contributed by atoms with E-state index < -0.39 is 0 Å². The molecule has 0 radical (unpaired) electrons. The van der Waals surface area contributed by atoms with Crippen molar-refractivity contribution in [3.63, 3.8) is 0 Å². The Hall–Kier alpha value is -0.0400. The van der Waals surface area contributed by atoms with Crippen LogP contribution in [0.5, 0.6) is 0 Å². The number of nitrogens with one attached hydrogen (secondary N) is 1. The van der Waals surface area contributed by atoms with Gasteiger partial charge in [-0.05, 0) is 44.9 Å². The molecule has 16 heavy (non-hydrogen) atoms. The van der Waals surface area contributed by atoms with Crippen molar-refractivity contribution in [1.82, 2.24) is 5.32 Å². The third kappa shape index (κ3) is 2.30. The molecular formula is C15H29N. The first-order valence-corrected chi connectivity index (χ1v) is 7.62. The van der Waals surface area contributed by atoms with Crippen molar-refractivity contribution in [2.45, 2.75) is 95.6 Å². The molecule has 94 valence electrons. The first-order valence-electron chi connectivity index (χ1n) is 7.62. The predicted molar refractivity (Wildman–Crippen MR) is 70.7 cm³/mol. The van der Waals surface area contributed by atoms with E-state index in [1.165, 1.54) is 70.6 Å². The lowest BCUT2D eigenvalue weighted by atomic mass is 9.77. The second kappa shape index (κ2) is 5.08. The maximum Gasteiger partial charge on any atom is 0.0186 e. The molecule has 1 N–H and O–H groups in total. The number of piperidine rings is 1. The van der Waals surface area contributed by atoms with Gasteiger partial charge in [-0.2, -0.15) is 0 Å². The van der Waals surface area contributed by atoms with Crippen LogP contribution in [0.3, 0.4) is 0 Å². The van der Waals surface area contributed by atoms with Crippen LogP contribution in [0.25, 0.3) is 0 Å². The Bertz CT molecular complexity index is 187. The average Bonchev–Trinajstić information content (AvgIpc) is 2.93. The molecule has 2 spiro atoms. The average molecular weight is 223 g/mol. The Balaban J connectivity index is 0.000000457. The van der Waals surface area contributed by atoms with Crippen LogP contribution >= 0.6 is 0 Å². The standard InChI is InChI=1S/C13H23N.C2H6/c1-2-7-12(6-1)10-5-11-13(14-12)8-3-4-9-13;1-2/h14H,1-11H2;1-2H3. The van der Waals surface area contributed by atoms with E-state index in [-0.39, 0.29) is 0 Å². The summed E-state index contributed by atoms with van der Waals surface area (Å²) in [4.78, 5) is 0. The first-order chi connectivity index (χ1) is 7.83. The largest absolute Gasteiger partial charge is 0.306 e. The molecule has 1 heteroatoms. The van der Waals surface area contributed by atoms with Crippen molar-refractivity contribution in [3.05, 3.63) is 0 Å². The second-order valence-electron chi connectivity index (χ2n) is 5.95. The molecule has 3 aliphatic rings. The van der Waals surface area contributed by atoms with Crippen LogP contribution in [0.2, 0.25) is 0 Å². The van der Waals surface area contributed by atoms with Crippen molar-refractivity contribution in [1.29, 1.82) is 0 Å². The van der Waals surface area contributed by atoms with Crippen LogP contribution in [-0.2, 0) is 0 Å². The van der Waals surface area contributed by atoms with Gasteiger partial charge in [0.1, 0.15) is 0 Å². The summed E-state index contributed by atoms with van der Waals surface area (Å²) >= 11 is 0. The summed E-state index contributed by atoms with van der Waals surface area (Å²) in [6, 6.07) is 0. The van der Waals surface area contributed by atoms with Crippen molar-refractivity contribution >= 4 is 0 Å². The molecule has 3 rings (SSSR count). The van der Waals surface area contributed by atoms with Crippen molar-refractivity contribution in [2.24, 2.45) is 0 Å². The number of hydrogen-bond donors (Lipinski definition) is 1. The van der Waals surface area contributed by atoms with Crippen LogP contribution in [-0.4, -0.2) is 11.1 Å². The van der Waals surface area contributed by atoms with Gasteiger partial charge in [-0.25, -0.2) is 0 Å². The molecule has 0 unspecified atom stereocenters. The van der Waals surface area contributed by atoms with E-state index in [1.807, 2.05) is 13.8 Å². The van der Waals surface area contributed by atoms with Gasteiger partial charge in [0.2, 0.25) is 0 Å². The fourth-order valence-electron chi connectivity index (χ4n) is 4.31. The van der Waals surface area contributed by atoms with Crippen LogP contribution < -0.4 is 5.32 Å². The minimum Gasteiger partial charge on any atom is -0.306 e. The summed E-state index contributed by atoms with van der Waals surface area (Å²) in [5.41, 5.74) is 1.20. The molecule has 2 saturated carbocycles. The van der Waals surface area contributed by atoms with Gasteiger partial charge in [-0.1, -0.05) is 39.5 Å². The zero-order valence-electron chi connectivity index (χ0n) is 11.3. The fourth-order valence-corrected chi connectivity index (χ4v) is 4.31. The van der Waals surface area contributed by atoms with E-state index in [2.05, 4.69) is 5.32 Å². The molecule has 1 saturated heterocycles. The molecule has 0 aromatic carbocycles. The Morgan fingerprint density at radius 2 is 0.875 bits per heavy atom. The molecule has 0 amide bonds. The van der Waals surface area contributed by atoms with Crippen LogP contribution in [0.1, 0.15) is 84.5 Å². The minimum atomic E-state index is 0.600. The lowest BCUT2D eigenvalue weighted by Gasteiger charge is -2.46. The molecule has 2 aliphatic carbocycles. The molecular weight excluding hydrogens is 194 g/mol. The Kier molecular flexibility index (Phi) is 3.94. The zero-order chi connectivity index (χ0) is 11.5. The molecule has 0 atom stereocenters. The summed E-state index contributed by atoms with van der Waals surface area (Å²) in [5.74, 6) is 0. The van der Waals surface area contributed by atoms with Gasteiger partial charge in [0.25, 0.3) is 0 Å². The summed E-state index contributed by atoms with van der Waals surface area (Å²) in [5, 5.41) is 4.10. The van der Waals surface area contributed by atoms with Gasteiger partial charge >= 0.3 is 0 Å². The maximum absolute atomic E-state index is 4.10. The SMILES string of the molecule is C1CCC2(C1)CCCC1(CCCC1)N2.CC. The second-order valence-corrected chi connectivity index (χ2v) is 5.95. The summed E-state index contributed by atoms with van der Waals surface area (Å²) < 4.78 is 0. The highest BCUT2D eigenvalue weighted by atomic mass is 15.1. The topological polar surface area (TPSA) is 12.0 Å². The smallest absolute Gasteiger partial charge is 0.0186 e. The number of hydrogen-bond acceptors (Lipinski definition) is 1. The van der Waals surface area contributed by atoms with Crippen LogP contribution in [0, 0.1) is 0 Å². The number of rotatable bonds is 0. The highest BCUT2D eigenvalue weighted by Gasteiger charge is 2.45. The normalized spacial score (nSPS) is 30.4. The van der Waals surface area contributed by atoms with Gasteiger partial charge < -0.3 is 5.32 Å². The van der Waals surface area contributed by atoms with Crippen molar-refractivity contribution in [3.8, 4) is 0 Å². The fraction of sp³-hybridized carbons (Fsp3) is 1.00. The molecule has 0 bridgehead atoms. The van der Waals surface area contributed by atoms with Gasteiger partial charge in [0, 0.05) is 11.1 Å². The Morgan fingerprint density at radius 1 is 0.562 bits per heavy atom. The van der Waals surface area contributed by atoms with E-state index in [1.54, 1.807) is 0 Å². The first kappa shape index (κ1) is 12.4. The van der Waals surface area contributed by atoms with Crippen molar-refractivity contribution in [2.75, 3.05) is 0 Å². The van der Waals surface area contributed by atoms with Gasteiger partial charge in [0.15, 0.2) is 0 Å². The lowest BCUT2D eigenvalue weighted by Crippen LogP contribution is -2.58. The summed E-state index contributed by atoms with van der Waals surface area (Å²) in [7, 11) is 0. The molecule has 1 aliphatic heterocycles. The molecule has 0 aromatic heterocycles. The van der Waals surface area contributed by atoms with Crippen molar-refractivity contribution < 1.29 is 0 Å². The van der Waals surface area contributed by atoms with E-state index in [0.29, 0.717) is 11.1 Å². The minimum absolute atomic E-state index is 0.600. The Morgan fingerprint density at radius 3 is 1.25 bits per heavy atom. The van der Waals surface area contributed by atoms with E-state index in [4.69, 9.17) is 0 Å². The van der Waals surface area contributed by atoms with Gasteiger partial charge in [0.05, 0.1) is 0 Å². The maximum atomic E-state index is 4.10. The van der Waals surface area contributed by atoms with Gasteiger partial charge in [-0.3, -0.25) is 0 Å². The highest BCUT2D eigenvalue weighted by Crippen LogP contribution is 2.45. The zero-order valence-corrected chi connectivity index (χ0v) is 11.3. The quantitative estimate of drug-likeness (QED) is 0.641. The highest BCUT2D eigenvalue weighted by molar-refractivity contribution is 5.06. The monoisotopic (exact) mass is 223 g/mol. The molecule has 1 nitrogen and oxygen atoms in total. The Labute approximate surface area is 101 Å². The lowest BCUT2D eigenvalue weighted by molar-refractivity contribution is 0.134. The predicted octanol–water partition coefficient (Wildman–Crippen LogP) is 4.41. The molecule has 3 fully saturated rings. The van der Waals surface area contributed by atoms with E-state index in [9.17, 15) is 0 Å². The summed E-state index contributed by atoms with van der Waals surface area (Å²) in [6.45, 7) is 4.00. The molecule has 0 aromatic rings. The third-order valence-corrected chi connectivity index (χ3v) is 4.96. The third-order valence-electron chi connectivity index (χ3n) is 4.96. The van der Waals surface area contributed by atoms with Crippen LogP contribution in [0.15, 0.2) is 0 Å². The summed E-state index contributed by atoms with van der Waals surface area (Å²) in [6.07, 6.45) is 16.2. The van der Waals surface area contributed by atoms with Crippen LogP contribution in [0.4, 0.5) is 0 Å². The molecule has 1 heterocycles. The van der Waals surface area contributed by atoms with E-state index >= 15 is 0 Å². The van der Waals surface area contributed by atoms with Gasteiger partial charge in [-0.15, -0.1) is 0 Å². The van der Waals surface area contributed by atoms with E-state index in [0.717, 1.165) is 0 Å².